The molecular formula is C22H23N3O3S. The lowest BCUT2D eigenvalue weighted by atomic mass is 10.1. The first kappa shape index (κ1) is 20.5. The second-order valence-corrected chi connectivity index (χ2v) is 7.17. The summed E-state index contributed by atoms with van der Waals surface area (Å²) in [5, 5.41) is 6.69. The van der Waals surface area contributed by atoms with Gasteiger partial charge in [-0.3, -0.25) is 10.2 Å². The number of hydrazone groups is 1. The maximum absolute atomic E-state index is 11.5. The number of nitrogens with zero attached hydrogens (tertiary/aromatic N) is 2. The maximum atomic E-state index is 11.5. The van der Waals surface area contributed by atoms with E-state index in [1.54, 1.807) is 13.1 Å². The molecule has 0 aliphatic rings. The van der Waals surface area contributed by atoms with Crippen LogP contribution >= 0.6 is 11.3 Å². The zero-order chi connectivity index (χ0) is 20.5. The molecule has 6 nitrogen and oxygen atoms in total. The molecule has 0 aliphatic carbocycles. The summed E-state index contributed by atoms with van der Waals surface area (Å²) in [5.41, 5.74) is 6.64. The van der Waals surface area contributed by atoms with Crippen LogP contribution in [-0.2, 0) is 22.6 Å². The van der Waals surface area contributed by atoms with Crippen LogP contribution in [0.2, 0.25) is 0 Å². The highest BCUT2D eigenvalue weighted by Gasteiger charge is 2.08. The number of anilines is 1. The lowest BCUT2D eigenvalue weighted by Gasteiger charge is -2.10. The minimum Gasteiger partial charge on any atom is -0.488 e. The van der Waals surface area contributed by atoms with Gasteiger partial charge in [-0.15, -0.1) is 11.3 Å². The molecule has 0 atom stereocenters. The van der Waals surface area contributed by atoms with Crippen molar-refractivity contribution in [3.63, 3.8) is 0 Å². The molecule has 150 valence electrons. The standard InChI is InChI=1S/C22H23N3O3S/c1-3-27-21(26)12-19-15-29-22(24-19)25-23-13-18-10-9-16(2)11-20(18)28-14-17-7-5-4-6-8-17/h4-11,13,15H,3,12,14H2,1-2H3,(H,24,25). The van der Waals surface area contributed by atoms with Crippen LogP contribution in [0.1, 0.15) is 29.3 Å². The second kappa shape index (κ2) is 10.4. The van der Waals surface area contributed by atoms with Crippen LogP contribution in [0.4, 0.5) is 5.13 Å². The number of thiazole rings is 1. The third kappa shape index (κ3) is 6.43. The van der Waals surface area contributed by atoms with E-state index in [0.29, 0.717) is 24.0 Å². The average molecular weight is 410 g/mol. The van der Waals surface area contributed by atoms with E-state index in [4.69, 9.17) is 9.47 Å². The predicted octanol–water partition coefficient (Wildman–Crippen LogP) is 4.58. The van der Waals surface area contributed by atoms with Gasteiger partial charge in [-0.05, 0) is 37.1 Å². The van der Waals surface area contributed by atoms with Crippen molar-refractivity contribution < 1.29 is 14.3 Å². The van der Waals surface area contributed by atoms with Gasteiger partial charge in [-0.2, -0.15) is 5.10 Å². The Hall–Kier alpha value is -3.19. The number of rotatable bonds is 9. The summed E-state index contributed by atoms with van der Waals surface area (Å²) in [5.74, 6) is 0.481. The van der Waals surface area contributed by atoms with E-state index in [1.807, 2.05) is 60.8 Å². The third-order valence-corrected chi connectivity index (χ3v) is 4.75. The monoisotopic (exact) mass is 409 g/mol. The van der Waals surface area contributed by atoms with Crippen LogP contribution < -0.4 is 10.2 Å². The summed E-state index contributed by atoms with van der Waals surface area (Å²) in [6.45, 7) is 4.66. The lowest BCUT2D eigenvalue weighted by molar-refractivity contribution is -0.142. The number of esters is 1. The van der Waals surface area contributed by atoms with Crippen molar-refractivity contribution in [2.75, 3.05) is 12.0 Å². The Morgan fingerprint density at radius 2 is 2.07 bits per heavy atom. The van der Waals surface area contributed by atoms with Crippen molar-refractivity contribution in [1.29, 1.82) is 0 Å². The zero-order valence-corrected chi connectivity index (χ0v) is 17.2. The first-order chi connectivity index (χ1) is 14.1. The average Bonchev–Trinajstić information content (AvgIpc) is 3.16. The van der Waals surface area contributed by atoms with Crippen molar-refractivity contribution in [2.24, 2.45) is 5.10 Å². The fourth-order valence-corrected chi connectivity index (χ4v) is 3.22. The fourth-order valence-electron chi connectivity index (χ4n) is 2.57. The topological polar surface area (TPSA) is 72.8 Å². The lowest BCUT2D eigenvalue weighted by Crippen LogP contribution is -2.07. The van der Waals surface area contributed by atoms with E-state index in [1.165, 1.54) is 11.3 Å². The first-order valence-electron chi connectivity index (χ1n) is 9.30. The Balaban J connectivity index is 1.61. The van der Waals surface area contributed by atoms with E-state index < -0.39 is 0 Å². The molecule has 1 aromatic heterocycles. The van der Waals surface area contributed by atoms with Crippen LogP contribution in [0, 0.1) is 6.92 Å². The second-order valence-electron chi connectivity index (χ2n) is 6.31. The number of carbonyl (C=O) groups is 1. The highest BCUT2D eigenvalue weighted by Crippen LogP contribution is 2.21. The smallest absolute Gasteiger partial charge is 0.311 e. The van der Waals surface area contributed by atoms with Gasteiger partial charge < -0.3 is 9.47 Å². The van der Waals surface area contributed by atoms with E-state index in [-0.39, 0.29) is 12.4 Å². The van der Waals surface area contributed by atoms with Gasteiger partial charge in [0.2, 0.25) is 5.13 Å². The number of benzene rings is 2. The molecule has 0 saturated heterocycles. The number of hydrogen-bond acceptors (Lipinski definition) is 7. The largest absolute Gasteiger partial charge is 0.488 e. The highest BCUT2D eigenvalue weighted by molar-refractivity contribution is 7.13. The number of carbonyl (C=O) groups excluding carboxylic acids is 1. The van der Waals surface area contributed by atoms with Gasteiger partial charge in [0.05, 0.1) is 24.9 Å². The van der Waals surface area contributed by atoms with E-state index >= 15 is 0 Å². The van der Waals surface area contributed by atoms with E-state index in [0.717, 1.165) is 22.4 Å². The molecular weight excluding hydrogens is 386 g/mol. The quantitative estimate of drug-likeness (QED) is 0.318. The van der Waals surface area contributed by atoms with Crippen LogP contribution in [0.25, 0.3) is 0 Å². The molecule has 0 radical (unpaired) electrons. The molecule has 0 aliphatic heterocycles. The number of ether oxygens (including phenoxy) is 2. The summed E-state index contributed by atoms with van der Waals surface area (Å²) in [6, 6.07) is 16.0. The summed E-state index contributed by atoms with van der Waals surface area (Å²) >= 11 is 1.38. The molecule has 0 unspecified atom stereocenters. The molecule has 1 heterocycles. The van der Waals surface area contributed by atoms with Crippen molar-refractivity contribution in [3.05, 3.63) is 76.3 Å². The SMILES string of the molecule is CCOC(=O)Cc1csc(NN=Cc2ccc(C)cc2OCc2ccccc2)n1. The van der Waals surface area contributed by atoms with Crippen molar-refractivity contribution in [3.8, 4) is 5.75 Å². The van der Waals surface area contributed by atoms with Crippen molar-refractivity contribution in [1.82, 2.24) is 4.98 Å². The van der Waals surface area contributed by atoms with Gasteiger partial charge in [0.1, 0.15) is 12.4 Å². The molecule has 3 aromatic rings. The summed E-state index contributed by atoms with van der Waals surface area (Å²) in [6.07, 6.45) is 1.86. The summed E-state index contributed by atoms with van der Waals surface area (Å²) < 4.78 is 10.9. The first-order valence-corrected chi connectivity index (χ1v) is 10.2. The number of aryl methyl sites for hydroxylation is 1. The van der Waals surface area contributed by atoms with Gasteiger partial charge in [-0.25, -0.2) is 4.98 Å². The van der Waals surface area contributed by atoms with E-state index in [9.17, 15) is 4.79 Å². The Kier molecular flexibility index (Phi) is 7.35. The van der Waals surface area contributed by atoms with Gasteiger partial charge in [0.25, 0.3) is 0 Å². The van der Waals surface area contributed by atoms with E-state index in [2.05, 4.69) is 15.5 Å². The molecule has 0 amide bonds. The molecule has 3 rings (SSSR count). The Labute approximate surface area is 174 Å². The molecule has 1 N–H and O–H groups in total. The predicted molar refractivity (Wildman–Crippen MR) is 116 cm³/mol. The molecule has 7 heteroatoms. The highest BCUT2D eigenvalue weighted by atomic mass is 32.1. The molecule has 0 spiro atoms. The Morgan fingerprint density at radius 3 is 2.86 bits per heavy atom. The van der Waals surface area contributed by atoms with Gasteiger partial charge in [0.15, 0.2) is 0 Å². The van der Waals surface area contributed by atoms with Gasteiger partial charge in [-0.1, -0.05) is 36.4 Å². The summed E-state index contributed by atoms with van der Waals surface area (Å²) in [7, 11) is 0. The molecule has 0 bridgehead atoms. The minimum absolute atomic E-state index is 0.158. The normalized spacial score (nSPS) is 10.8. The van der Waals surface area contributed by atoms with Crippen molar-refractivity contribution >= 4 is 28.7 Å². The molecule has 29 heavy (non-hydrogen) atoms. The maximum Gasteiger partial charge on any atom is 0.311 e. The van der Waals surface area contributed by atoms with Crippen LogP contribution in [0.3, 0.4) is 0 Å². The van der Waals surface area contributed by atoms with Crippen molar-refractivity contribution in [2.45, 2.75) is 26.9 Å². The van der Waals surface area contributed by atoms with Crippen LogP contribution in [0.15, 0.2) is 59.0 Å². The summed E-state index contributed by atoms with van der Waals surface area (Å²) in [4.78, 5) is 15.9. The fraction of sp³-hybridized carbons (Fsp3) is 0.227. The zero-order valence-electron chi connectivity index (χ0n) is 16.4. The number of nitrogens with one attached hydrogen (secondary N) is 1. The third-order valence-electron chi connectivity index (χ3n) is 3.95. The van der Waals surface area contributed by atoms with Crippen LogP contribution in [-0.4, -0.2) is 23.8 Å². The van der Waals surface area contributed by atoms with Gasteiger partial charge >= 0.3 is 5.97 Å². The molecule has 0 saturated carbocycles. The minimum atomic E-state index is -0.285. The Bertz CT molecular complexity index is 970. The van der Waals surface area contributed by atoms with Gasteiger partial charge in [0, 0.05) is 10.9 Å². The Morgan fingerprint density at radius 1 is 1.24 bits per heavy atom. The number of hydrogen-bond donors (Lipinski definition) is 1. The molecule has 2 aromatic carbocycles. The molecule has 0 fully saturated rings. The van der Waals surface area contributed by atoms with Crippen LogP contribution in [0.5, 0.6) is 5.75 Å². The number of aromatic nitrogens is 1.